The van der Waals surface area contributed by atoms with E-state index in [9.17, 15) is 4.79 Å². The minimum absolute atomic E-state index is 0.0126. The van der Waals surface area contributed by atoms with Gasteiger partial charge >= 0.3 is 0 Å². The van der Waals surface area contributed by atoms with E-state index >= 15 is 0 Å². The minimum Gasteiger partial charge on any atom is -0.378 e. The number of anilines is 1. The Morgan fingerprint density at radius 1 is 1.41 bits per heavy atom. The summed E-state index contributed by atoms with van der Waals surface area (Å²) < 4.78 is 7.34. The molecule has 0 aromatic carbocycles. The Balaban J connectivity index is 1.60. The number of hydrogen-bond donors (Lipinski definition) is 1. The van der Waals surface area contributed by atoms with Crippen LogP contribution in [0.3, 0.4) is 0 Å². The summed E-state index contributed by atoms with van der Waals surface area (Å²) >= 11 is 0. The van der Waals surface area contributed by atoms with Crippen molar-refractivity contribution < 1.29 is 9.53 Å². The van der Waals surface area contributed by atoms with Crippen LogP contribution in [0, 0.1) is 5.92 Å². The lowest BCUT2D eigenvalue weighted by atomic mass is 9.94. The molecule has 1 saturated heterocycles. The fourth-order valence-electron chi connectivity index (χ4n) is 2.68. The summed E-state index contributed by atoms with van der Waals surface area (Å²) in [7, 11) is 0. The van der Waals surface area contributed by atoms with Crippen LogP contribution in [0.25, 0.3) is 0 Å². The first-order chi connectivity index (χ1) is 10.7. The molecule has 6 heteroatoms. The standard InChI is InChI=1S/C16H20N4O2/c1-12-14(3-2-10-22-12)16(21)18-15-6-9-20(19-15)11-13-4-7-17-8-5-13/h4-9,12,14H,2-3,10-11H2,1H3,(H,18,19,21). The molecule has 2 unspecified atom stereocenters. The van der Waals surface area contributed by atoms with E-state index in [2.05, 4.69) is 15.4 Å². The predicted molar refractivity (Wildman–Crippen MR) is 82.3 cm³/mol. The maximum atomic E-state index is 12.3. The first-order valence-corrected chi connectivity index (χ1v) is 7.57. The van der Waals surface area contributed by atoms with Crippen molar-refractivity contribution in [2.75, 3.05) is 11.9 Å². The number of nitrogens with zero attached hydrogens (tertiary/aromatic N) is 3. The Kier molecular flexibility index (Phi) is 4.48. The van der Waals surface area contributed by atoms with Gasteiger partial charge in [0.05, 0.1) is 18.6 Å². The minimum atomic E-state index is -0.0981. The van der Waals surface area contributed by atoms with Gasteiger partial charge in [0.15, 0.2) is 5.82 Å². The van der Waals surface area contributed by atoms with Crippen molar-refractivity contribution in [1.82, 2.24) is 14.8 Å². The van der Waals surface area contributed by atoms with Gasteiger partial charge in [-0.2, -0.15) is 5.10 Å². The molecule has 2 atom stereocenters. The van der Waals surface area contributed by atoms with Gasteiger partial charge < -0.3 is 10.1 Å². The normalized spacial score (nSPS) is 21.5. The second kappa shape index (κ2) is 6.70. The van der Waals surface area contributed by atoms with Crippen LogP contribution in [0.1, 0.15) is 25.3 Å². The molecular formula is C16H20N4O2. The van der Waals surface area contributed by atoms with Crippen molar-refractivity contribution >= 4 is 11.7 Å². The highest BCUT2D eigenvalue weighted by Gasteiger charge is 2.28. The molecule has 22 heavy (non-hydrogen) atoms. The number of hydrogen-bond acceptors (Lipinski definition) is 4. The summed E-state index contributed by atoms with van der Waals surface area (Å²) in [6, 6.07) is 5.70. The number of nitrogens with one attached hydrogen (secondary N) is 1. The average molecular weight is 300 g/mol. The van der Waals surface area contributed by atoms with E-state index in [1.807, 2.05) is 31.3 Å². The Hall–Kier alpha value is -2.21. The maximum Gasteiger partial charge on any atom is 0.231 e. The lowest BCUT2D eigenvalue weighted by Gasteiger charge is -2.27. The first-order valence-electron chi connectivity index (χ1n) is 7.57. The molecule has 1 N–H and O–H groups in total. The van der Waals surface area contributed by atoms with Crippen molar-refractivity contribution in [2.24, 2.45) is 5.92 Å². The number of pyridine rings is 1. The van der Waals surface area contributed by atoms with E-state index in [0.29, 0.717) is 12.4 Å². The number of carbonyl (C=O) groups is 1. The molecule has 0 spiro atoms. The van der Waals surface area contributed by atoms with Gasteiger partial charge in [-0.05, 0) is 37.5 Å². The molecule has 1 fully saturated rings. The molecule has 6 nitrogen and oxygen atoms in total. The quantitative estimate of drug-likeness (QED) is 0.938. The molecule has 2 aromatic rings. The van der Waals surface area contributed by atoms with E-state index < -0.39 is 0 Å². The first kappa shape index (κ1) is 14.7. The molecule has 0 bridgehead atoms. The summed E-state index contributed by atoms with van der Waals surface area (Å²) in [5.74, 6) is 0.470. The molecule has 116 valence electrons. The fraction of sp³-hybridized carbons (Fsp3) is 0.438. The molecule has 3 heterocycles. The highest BCUT2D eigenvalue weighted by atomic mass is 16.5. The van der Waals surface area contributed by atoms with Gasteiger partial charge in [-0.1, -0.05) is 0 Å². The zero-order valence-electron chi connectivity index (χ0n) is 12.6. The molecular weight excluding hydrogens is 280 g/mol. The van der Waals surface area contributed by atoms with Gasteiger partial charge in [0, 0.05) is 31.3 Å². The van der Waals surface area contributed by atoms with E-state index in [1.165, 1.54) is 0 Å². The number of carbonyl (C=O) groups excluding carboxylic acids is 1. The summed E-state index contributed by atoms with van der Waals surface area (Å²) in [5, 5.41) is 7.27. The molecule has 0 aliphatic carbocycles. The van der Waals surface area contributed by atoms with Gasteiger partial charge in [-0.15, -0.1) is 0 Å². The monoisotopic (exact) mass is 300 g/mol. The summed E-state index contributed by atoms with van der Waals surface area (Å²) in [6.45, 7) is 3.35. The maximum absolute atomic E-state index is 12.3. The summed E-state index contributed by atoms with van der Waals surface area (Å²) in [6.07, 6.45) is 7.13. The topological polar surface area (TPSA) is 69.0 Å². The molecule has 1 amide bonds. The predicted octanol–water partition coefficient (Wildman–Crippen LogP) is 2.08. The SMILES string of the molecule is CC1OCCCC1C(=O)Nc1ccn(Cc2ccncc2)n1. The van der Waals surface area contributed by atoms with Crippen molar-refractivity contribution in [3.8, 4) is 0 Å². The Morgan fingerprint density at radius 2 is 2.23 bits per heavy atom. The number of rotatable bonds is 4. The molecule has 2 aromatic heterocycles. The Labute approximate surface area is 129 Å². The number of ether oxygens (including phenoxy) is 1. The van der Waals surface area contributed by atoms with E-state index in [-0.39, 0.29) is 17.9 Å². The zero-order chi connectivity index (χ0) is 15.4. The Bertz CT molecular complexity index is 626. The fourth-order valence-corrected chi connectivity index (χ4v) is 2.68. The summed E-state index contributed by atoms with van der Waals surface area (Å²) in [5.41, 5.74) is 1.12. The van der Waals surface area contributed by atoms with Crippen molar-refractivity contribution in [3.63, 3.8) is 0 Å². The van der Waals surface area contributed by atoms with Crippen molar-refractivity contribution in [2.45, 2.75) is 32.4 Å². The molecule has 3 rings (SSSR count). The largest absolute Gasteiger partial charge is 0.378 e. The van der Waals surface area contributed by atoms with Crippen LogP contribution in [-0.4, -0.2) is 33.4 Å². The van der Waals surface area contributed by atoms with Gasteiger partial charge in [0.1, 0.15) is 0 Å². The molecule has 1 aliphatic heterocycles. The van der Waals surface area contributed by atoms with E-state index in [1.54, 1.807) is 17.1 Å². The van der Waals surface area contributed by atoms with Crippen LogP contribution in [0.2, 0.25) is 0 Å². The lowest BCUT2D eigenvalue weighted by molar-refractivity contribution is -0.127. The van der Waals surface area contributed by atoms with Crippen molar-refractivity contribution in [3.05, 3.63) is 42.4 Å². The highest BCUT2D eigenvalue weighted by Crippen LogP contribution is 2.22. The van der Waals surface area contributed by atoms with Crippen LogP contribution in [0.15, 0.2) is 36.8 Å². The van der Waals surface area contributed by atoms with Crippen LogP contribution < -0.4 is 5.32 Å². The number of aromatic nitrogens is 3. The molecule has 1 aliphatic rings. The van der Waals surface area contributed by atoms with Crippen LogP contribution in [-0.2, 0) is 16.1 Å². The lowest BCUT2D eigenvalue weighted by Crippen LogP contribution is -2.36. The third kappa shape index (κ3) is 3.51. The van der Waals surface area contributed by atoms with Gasteiger partial charge in [0.25, 0.3) is 0 Å². The second-order valence-electron chi connectivity index (χ2n) is 5.57. The van der Waals surface area contributed by atoms with Crippen LogP contribution in [0.5, 0.6) is 0 Å². The third-order valence-corrected chi connectivity index (χ3v) is 3.93. The van der Waals surface area contributed by atoms with Gasteiger partial charge in [-0.25, -0.2) is 0 Å². The second-order valence-corrected chi connectivity index (χ2v) is 5.57. The van der Waals surface area contributed by atoms with Gasteiger partial charge in [0.2, 0.25) is 5.91 Å². The smallest absolute Gasteiger partial charge is 0.231 e. The zero-order valence-corrected chi connectivity index (χ0v) is 12.6. The van der Waals surface area contributed by atoms with E-state index in [4.69, 9.17) is 4.74 Å². The molecule has 0 saturated carbocycles. The summed E-state index contributed by atoms with van der Waals surface area (Å²) in [4.78, 5) is 16.3. The molecule has 0 radical (unpaired) electrons. The van der Waals surface area contributed by atoms with Crippen LogP contribution >= 0.6 is 0 Å². The average Bonchev–Trinajstić information content (AvgIpc) is 2.95. The van der Waals surface area contributed by atoms with E-state index in [0.717, 1.165) is 25.0 Å². The highest BCUT2D eigenvalue weighted by molar-refractivity contribution is 5.92. The van der Waals surface area contributed by atoms with Crippen LogP contribution in [0.4, 0.5) is 5.82 Å². The number of amides is 1. The van der Waals surface area contributed by atoms with Crippen molar-refractivity contribution in [1.29, 1.82) is 0 Å². The van der Waals surface area contributed by atoms with Gasteiger partial charge in [-0.3, -0.25) is 14.5 Å². The third-order valence-electron chi connectivity index (χ3n) is 3.93. The Morgan fingerprint density at radius 3 is 3.00 bits per heavy atom.